The van der Waals surface area contributed by atoms with Crippen molar-refractivity contribution >= 4 is 7.85 Å². The molecule has 5 heteroatoms. The van der Waals surface area contributed by atoms with Crippen LogP contribution in [0.1, 0.15) is 41.0 Å². The summed E-state index contributed by atoms with van der Waals surface area (Å²) in [4.78, 5) is 3.55. The van der Waals surface area contributed by atoms with E-state index in [-0.39, 0.29) is 25.4 Å². The summed E-state index contributed by atoms with van der Waals surface area (Å²) in [5.41, 5.74) is -1.15. The second kappa shape index (κ2) is 8.52. The van der Waals surface area contributed by atoms with Gasteiger partial charge in [0.05, 0.1) is 12.2 Å². The third kappa shape index (κ3) is 7.00. The molecule has 0 aliphatic rings. The molecule has 102 valence electrons. The average molecular weight is 253 g/mol. The largest absolute Gasteiger partial charge is 0.383 e. The molecule has 2 radical (unpaired) electrons. The number of hydrogen-bond donors (Lipinski definition) is 0. The summed E-state index contributed by atoms with van der Waals surface area (Å²) < 4.78 is 16.6. The van der Waals surface area contributed by atoms with Gasteiger partial charge < -0.3 is 14.2 Å². The van der Waals surface area contributed by atoms with E-state index in [4.69, 9.17) is 28.6 Å². The van der Waals surface area contributed by atoms with Gasteiger partial charge in [-0.15, -0.1) is 0 Å². The van der Waals surface area contributed by atoms with E-state index in [1.54, 1.807) is 0 Å². The van der Waals surface area contributed by atoms with Crippen LogP contribution in [0.4, 0.5) is 0 Å². The fourth-order valence-corrected chi connectivity index (χ4v) is 1.16. The van der Waals surface area contributed by atoms with Gasteiger partial charge in [0.15, 0.2) is 13.2 Å². The van der Waals surface area contributed by atoms with E-state index in [0.717, 1.165) is 0 Å². The summed E-state index contributed by atoms with van der Waals surface area (Å²) in [7, 11) is 5.77. The first-order chi connectivity index (χ1) is 8.35. The Morgan fingerprint density at radius 3 is 1.83 bits per heavy atom. The molecular weight excluding hydrogens is 229 g/mol. The first-order valence-electron chi connectivity index (χ1n) is 6.40. The molecule has 18 heavy (non-hydrogen) atoms. The van der Waals surface area contributed by atoms with E-state index in [1.807, 2.05) is 34.6 Å². The van der Waals surface area contributed by atoms with Crippen molar-refractivity contribution in [2.24, 2.45) is 0 Å². The molecular formula is C13H24BNO3. The lowest BCUT2D eigenvalue weighted by atomic mass is 9.97. The zero-order chi connectivity index (χ0) is 14.2. The van der Waals surface area contributed by atoms with Crippen LogP contribution >= 0.6 is 0 Å². The van der Waals surface area contributed by atoms with E-state index in [0.29, 0.717) is 6.42 Å². The molecule has 0 rings (SSSR count). The topological polar surface area (TPSA) is 32.1 Å². The van der Waals surface area contributed by atoms with Gasteiger partial charge in [0, 0.05) is 6.00 Å². The number of ether oxygens (including phenoxy) is 3. The highest BCUT2D eigenvalue weighted by Gasteiger charge is 2.41. The van der Waals surface area contributed by atoms with Crippen LogP contribution in [0, 0.1) is 6.57 Å². The smallest absolute Gasteiger partial charge is 0.367 e. The molecule has 0 heterocycles. The fourth-order valence-electron chi connectivity index (χ4n) is 1.16. The zero-order valence-corrected chi connectivity index (χ0v) is 12.1. The van der Waals surface area contributed by atoms with Crippen LogP contribution < -0.4 is 0 Å². The molecule has 0 amide bonds. The molecule has 0 saturated carbocycles. The Morgan fingerprint density at radius 2 is 1.56 bits per heavy atom. The van der Waals surface area contributed by atoms with Gasteiger partial charge in [-0.2, -0.15) is 0 Å². The first-order valence-corrected chi connectivity index (χ1v) is 6.40. The highest BCUT2D eigenvalue weighted by Crippen LogP contribution is 2.19. The Balaban J connectivity index is 4.66. The number of nitrogens with zero attached hydrogens (tertiary/aromatic N) is 1. The maximum atomic E-state index is 7.35. The second-order valence-electron chi connectivity index (χ2n) is 4.84. The third-order valence-electron chi connectivity index (χ3n) is 2.26. The van der Waals surface area contributed by atoms with Gasteiger partial charge in [-0.3, -0.25) is 4.85 Å². The van der Waals surface area contributed by atoms with Crippen LogP contribution in [0.2, 0.25) is 0 Å². The van der Waals surface area contributed by atoms with Crippen LogP contribution in [0.3, 0.4) is 0 Å². The Labute approximate surface area is 112 Å². The van der Waals surface area contributed by atoms with Gasteiger partial charge in [0.25, 0.3) is 0 Å². The lowest BCUT2D eigenvalue weighted by Gasteiger charge is -2.27. The Kier molecular flexibility index (Phi) is 8.25. The molecule has 1 atom stereocenters. The SMILES string of the molecule is [B][C@@H](CC)OC(COC(C)C)(COC(C)C)[N+]#[C-]. The van der Waals surface area contributed by atoms with Crippen molar-refractivity contribution in [3.63, 3.8) is 0 Å². The number of rotatable bonds is 9. The predicted octanol–water partition coefficient (Wildman–Crippen LogP) is 2.37. The molecule has 0 aromatic rings. The molecule has 0 aromatic heterocycles. The predicted molar refractivity (Wildman–Crippen MR) is 72.4 cm³/mol. The van der Waals surface area contributed by atoms with Gasteiger partial charge >= 0.3 is 5.72 Å². The summed E-state index contributed by atoms with van der Waals surface area (Å²) in [6, 6.07) is -0.481. The molecule has 0 spiro atoms. The summed E-state index contributed by atoms with van der Waals surface area (Å²) in [5.74, 6) is 0. The van der Waals surface area contributed by atoms with Crippen molar-refractivity contribution in [2.45, 2.75) is 65.0 Å². The van der Waals surface area contributed by atoms with Gasteiger partial charge in [-0.25, -0.2) is 6.57 Å². The fraction of sp³-hybridized carbons (Fsp3) is 0.923. The zero-order valence-electron chi connectivity index (χ0n) is 12.1. The molecule has 0 bridgehead atoms. The highest BCUT2D eigenvalue weighted by atomic mass is 16.6. The van der Waals surface area contributed by atoms with Crippen LogP contribution in [0.15, 0.2) is 0 Å². The molecule has 4 nitrogen and oxygen atoms in total. The van der Waals surface area contributed by atoms with Crippen LogP contribution in [-0.4, -0.2) is 45.0 Å². The molecule has 0 N–H and O–H groups in total. The highest BCUT2D eigenvalue weighted by molar-refractivity contribution is 6.10. The summed E-state index contributed by atoms with van der Waals surface area (Å²) in [6.45, 7) is 17.2. The minimum atomic E-state index is -1.15. The summed E-state index contributed by atoms with van der Waals surface area (Å²) >= 11 is 0. The quantitative estimate of drug-likeness (QED) is 0.467. The van der Waals surface area contributed by atoms with Crippen molar-refractivity contribution in [3.05, 3.63) is 11.4 Å². The maximum absolute atomic E-state index is 7.35. The average Bonchev–Trinajstić information content (AvgIpc) is 2.32. The molecule has 0 aliphatic heterocycles. The summed E-state index contributed by atoms with van der Waals surface area (Å²) in [5, 5.41) is 0. The maximum Gasteiger partial charge on any atom is 0.383 e. The van der Waals surface area contributed by atoms with E-state index >= 15 is 0 Å². The minimum Gasteiger partial charge on any atom is -0.367 e. The van der Waals surface area contributed by atoms with Crippen molar-refractivity contribution in [3.8, 4) is 0 Å². The minimum absolute atomic E-state index is 0.0339. The molecule has 0 saturated heterocycles. The lowest BCUT2D eigenvalue weighted by Crippen LogP contribution is -2.44. The van der Waals surface area contributed by atoms with Crippen molar-refractivity contribution < 1.29 is 14.2 Å². The normalized spacial score (nSPS) is 13.9. The van der Waals surface area contributed by atoms with E-state index < -0.39 is 11.7 Å². The van der Waals surface area contributed by atoms with E-state index in [2.05, 4.69) is 4.85 Å². The monoisotopic (exact) mass is 253 g/mol. The van der Waals surface area contributed by atoms with Crippen LogP contribution in [0.25, 0.3) is 4.85 Å². The van der Waals surface area contributed by atoms with E-state index in [9.17, 15) is 0 Å². The number of hydrogen-bond acceptors (Lipinski definition) is 3. The third-order valence-corrected chi connectivity index (χ3v) is 2.26. The lowest BCUT2D eigenvalue weighted by molar-refractivity contribution is -0.136. The Bertz CT molecular complexity index is 251. The van der Waals surface area contributed by atoms with Gasteiger partial charge in [0.2, 0.25) is 0 Å². The van der Waals surface area contributed by atoms with Gasteiger partial charge in [-0.05, 0) is 34.1 Å². The summed E-state index contributed by atoms with van der Waals surface area (Å²) in [6.07, 6.45) is 0.707. The Hall–Kier alpha value is -0.565. The van der Waals surface area contributed by atoms with Crippen molar-refractivity contribution in [2.75, 3.05) is 13.2 Å². The van der Waals surface area contributed by atoms with Crippen LogP contribution in [0.5, 0.6) is 0 Å². The molecule has 0 aromatic carbocycles. The van der Waals surface area contributed by atoms with Gasteiger partial charge in [0.1, 0.15) is 7.85 Å². The van der Waals surface area contributed by atoms with E-state index in [1.165, 1.54) is 0 Å². The molecule has 0 fully saturated rings. The van der Waals surface area contributed by atoms with Gasteiger partial charge in [-0.1, -0.05) is 6.92 Å². The Morgan fingerprint density at radius 1 is 1.11 bits per heavy atom. The second-order valence-corrected chi connectivity index (χ2v) is 4.84. The standard InChI is InChI=1S/C13H24BNO3/c1-7-12(14)18-13(15-6,8-16-10(2)3)9-17-11(4)5/h10-12H,7-9H2,1-5H3/t12-/m1/s1. The van der Waals surface area contributed by atoms with Crippen molar-refractivity contribution in [1.82, 2.24) is 0 Å². The molecule has 0 aliphatic carbocycles. The van der Waals surface area contributed by atoms with Crippen LogP contribution in [-0.2, 0) is 14.2 Å². The first kappa shape index (κ1) is 17.4. The molecule has 0 unspecified atom stereocenters. The van der Waals surface area contributed by atoms with Crippen molar-refractivity contribution in [1.29, 1.82) is 0 Å².